The molecule has 0 atom stereocenters. The van der Waals surface area contributed by atoms with Gasteiger partial charge in [0.25, 0.3) is 5.91 Å². The normalized spacial score (nSPS) is 9.62. The zero-order chi connectivity index (χ0) is 15.1. The molecule has 106 valence electrons. The van der Waals surface area contributed by atoms with E-state index in [0.717, 1.165) is 11.1 Å². The van der Waals surface area contributed by atoms with Crippen molar-refractivity contribution >= 4 is 5.91 Å². The van der Waals surface area contributed by atoms with Crippen molar-refractivity contribution in [1.29, 1.82) is 0 Å². The minimum atomic E-state index is -0.200. The van der Waals surface area contributed by atoms with Crippen LogP contribution >= 0.6 is 0 Å². The third-order valence-corrected chi connectivity index (χ3v) is 2.90. The minimum Gasteiger partial charge on any atom is -0.347 e. The van der Waals surface area contributed by atoms with Crippen LogP contribution in [0.25, 0.3) is 0 Å². The van der Waals surface area contributed by atoms with Gasteiger partial charge in [0.2, 0.25) is 0 Å². The molecule has 0 saturated heterocycles. The summed E-state index contributed by atoms with van der Waals surface area (Å²) < 4.78 is 0. The molecule has 0 unspecified atom stereocenters. The molecule has 1 aromatic carbocycles. The molecule has 0 saturated carbocycles. The lowest BCUT2D eigenvalue weighted by molar-refractivity contribution is 0.0946. The Kier molecular flexibility index (Phi) is 5.08. The van der Waals surface area contributed by atoms with Crippen LogP contribution in [0.15, 0.2) is 42.6 Å². The molecule has 4 nitrogen and oxygen atoms in total. The number of nitrogens with zero attached hydrogens (tertiary/aromatic N) is 1. The summed E-state index contributed by atoms with van der Waals surface area (Å²) in [5, 5.41) is 2.84. The van der Waals surface area contributed by atoms with Crippen molar-refractivity contribution in [3.8, 4) is 11.8 Å². The van der Waals surface area contributed by atoms with Gasteiger partial charge in [-0.2, -0.15) is 0 Å². The van der Waals surface area contributed by atoms with Crippen LogP contribution in [0, 0.1) is 18.8 Å². The van der Waals surface area contributed by atoms with Gasteiger partial charge in [0, 0.05) is 18.3 Å². The van der Waals surface area contributed by atoms with Gasteiger partial charge in [-0.05, 0) is 24.6 Å². The number of carbonyl (C=O) groups excluding carboxylic acids is 1. The van der Waals surface area contributed by atoms with Crippen molar-refractivity contribution in [1.82, 2.24) is 10.3 Å². The number of aromatic nitrogens is 1. The molecule has 0 aliphatic heterocycles. The van der Waals surface area contributed by atoms with Gasteiger partial charge in [0.05, 0.1) is 6.54 Å². The van der Waals surface area contributed by atoms with Crippen LogP contribution in [0.5, 0.6) is 0 Å². The quantitative estimate of drug-likeness (QED) is 0.839. The Morgan fingerprint density at radius 3 is 2.62 bits per heavy atom. The van der Waals surface area contributed by atoms with E-state index in [0.29, 0.717) is 18.8 Å². The molecule has 0 aliphatic carbocycles. The van der Waals surface area contributed by atoms with Crippen molar-refractivity contribution in [3.63, 3.8) is 0 Å². The number of rotatable bonds is 3. The minimum absolute atomic E-state index is 0.200. The number of hydrogen-bond acceptors (Lipinski definition) is 3. The molecule has 0 spiro atoms. The van der Waals surface area contributed by atoms with Gasteiger partial charge in [-0.25, -0.2) is 4.98 Å². The van der Waals surface area contributed by atoms with Crippen molar-refractivity contribution in [2.75, 3.05) is 6.54 Å². The zero-order valence-electron chi connectivity index (χ0n) is 11.9. The number of carbonyl (C=O) groups is 1. The zero-order valence-corrected chi connectivity index (χ0v) is 11.9. The fourth-order valence-corrected chi connectivity index (χ4v) is 1.73. The van der Waals surface area contributed by atoms with E-state index in [9.17, 15) is 4.79 Å². The molecule has 4 heteroatoms. The van der Waals surface area contributed by atoms with E-state index < -0.39 is 0 Å². The number of hydrogen-bond donors (Lipinski definition) is 2. The monoisotopic (exact) mass is 279 g/mol. The van der Waals surface area contributed by atoms with Crippen molar-refractivity contribution in [2.24, 2.45) is 5.73 Å². The summed E-state index contributed by atoms with van der Waals surface area (Å²) in [6.45, 7) is 2.82. The summed E-state index contributed by atoms with van der Waals surface area (Å²) in [6, 6.07) is 11.4. The third-order valence-electron chi connectivity index (χ3n) is 2.90. The lowest BCUT2D eigenvalue weighted by Crippen LogP contribution is -2.23. The van der Waals surface area contributed by atoms with E-state index in [4.69, 9.17) is 5.73 Å². The van der Waals surface area contributed by atoms with Crippen LogP contribution in [0.1, 0.15) is 27.2 Å². The summed E-state index contributed by atoms with van der Waals surface area (Å²) in [5.41, 5.74) is 8.67. The lowest BCUT2D eigenvalue weighted by Gasteiger charge is -2.05. The lowest BCUT2D eigenvalue weighted by atomic mass is 10.1. The maximum absolute atomic E-state index is 12.0. The second-order valence-corrected chi connectivity index (χ2v) is 4.61. The first-order valence-electron chi connectivity index (χ1n) is 6.68. The SMILES string of the molecule is Cc1ccc(CNC(=O)c2ccc(C#CCN)cn2)cc1. The van der Waals surface area contributed by atoms with E-state index in [2.05, 4.69) is 22.1 Å². The molecule has 0 bridgehead atoms. The van der Waals surface area contributed by atoms with Gasteiger partial charge in [-0.1, -0.05) is 41.7 Å². The maximum atomic E-state index is 12.0. The Hall–Kier alpha value is -2.64. The molecule has 0 radical (unpaired) electrons. The topological polar surface area (TPSA) is 68.0 Å². The first-order valence-corrected chi connectivity index (χ1v) is 6.68. The standard InChI is InChI=1S/C17H17N3O/c1-13-4-6-15(7-5-13)12-20-17(21)16-9-8-14(11-19-16)3-2-10-18/h4-9,11H,10,12,18H2,1H3,(H,20,21). The summed E-state index contributed by atoms with van der Waals surface area (Å²) in [4.78, 5) is 16.1. The number of nitrogens with one attached hydrogen (secondary N) is 1. The van der Waals surface area contributed by atoms with Gasteiger partial charge in [0.1, 0.15) is 5.69 Å². The van der Waals surface area contributed by atoms with E-state index in [1.165, 1.54) is 5.56 Å². The molecule has 3 N–H and O–H groups in total. The first kappa shape index (κ1) is 14.8. The average molecular weight is 279 g/mol. The molecule has 1 aromatic heterocycles. The highest BCUT2D eigenvalue weighted by Crippen LogP contribution is 2.04. The highest BCUT2D eigenvalue weighted by molar-refractivity contribution is 5.92. The predicted molar refractivity (Wildman–Crippen MR) is 82.5 cm³/mol. The first-order chi connectivity index (χ1) is 10.2. The summed E-state index contributed by atoms with van der Waals surface area (Å²) in [5.74, 6) is 5.41. The largest absolute Gasteiger partial charge is 0.347 e. The van der Waals surface area contributed by atoms with E-state index in [1.807, 2.05) is 31.2 Å². The smallest absolute Gasteiger partial charge is 0.270 e. The number of aryl methyl sites for hydroxylation is 1. The van der Waals surface area contributed by atoms with Gasteiger partial charge < -0.3 is 11.1 Å². The van der Waals surface area contributed by atoms with Crippen LogP contribution in [0.3, 0.4) is 0 Å². The molecule has 1 heterocycles. The van der Waals surface area contributed by atoms with E-state index in [1.54, 1.807) is 18.3 Å². The van der Waals surface area contributed by atoms with E-state index in [-0.39, 0.29) is 5.91 Å². The van der Waals surface area contributed by atoms with Crippen LogP contribution in [-0.2, 0) is 6.54 Å². The Balaban J connectivity index is 1.95. The molecule has 1 amide bonds. The fourth-order valence-electron chi connectivity index (χ4n) is 1.73. The van der Waals surface area contributed by atoms with Crippen LogP contribution in [0.4, 0.5) is 0 Å². The fraction of sp³-hybridized carbons (Fsp3) is 0.176. The number of nitrogens with two attached hydrogens (primary N) is 1. The Morgan fingerprint density at radius 1 is 1.24 bits per heavy atom. The second-order valence-electron chi connectivity index (χ2n) is 4.61. The second kappa shape index (κ2) is 7.22. The van der Waals surface area contributed by atoms with Gasteiger partial charge in [-0.3, -0.25) is 4.79 Å². The molecule has 0 aliphatic rings. The van der Waals surface area contributed by atoms with Gasteiger partial charge in [0.15, 0.2) is 0 Å². The number of pyridine rings is 1. The van der Waals surface area contributed by atoms with Crippen molar-refractivity contribution < 1.29 is 4.79 Å². The van der Waals surface area contributed by atoms with Crippen LogP contribution in [-0.4, -0.2) is 17.4 Å². The molecule has 0 fully saturated rings. The molecule has 21 heavy (non-hydrogen) atoms. The molecular formula is C17H17N3O. The third kappa shape index (κ3) is 4.44. The summed E-state index contributed by atoms with van der Waals surface area (Å²) >= 11 is 0. The van der Waals surface area contributed by atoms with Crippen LogP contribution < -0.4 is 11.1 Å². The predicted octanol–water partition coefficient (Wildman–Crippen LogP) is 1.63. The van der Waals surface area contributed by atoms with Crippen LogP contribution in [0.2, 0.25) is 0 Å². The Bertz CT molecular complexity index is 664. The summed E-state index contributed by atoms with van der Waals surface area (Å²) in [6.07, 6.45) is 1.57. The molecule has 2 aromatic rings. The Labute approximate surface area is 124 Å². The molecular weight excluding hydrogens is 262 g/mol. The average Bonchev–Trinajstić information content (AvgIpc) is 2.52. The van der Waals surface area contributed by atoms with E-state index >= 15 is 0 Å². The van der Waals surface area contributed by atoms with Gasteiger partial charge >= 0.3 is 0 Å². The van der Waals surface area contributed by atoms with Gasteiger partial charge in [-0.15, -0.1) is 0 Å². The highest BCUT2D eigenvalue weighted by atomic mass is 16.1. The Morgan fingerprint density at radius 2 is 2.00 bits per heavy atom. The summed E-state index contributed by atoms with van der Waals surface area (Å²) in [7, 11) is 0. The highest BCUT2D eigenvalue weighted by Gasteiger charge is 2.06. The number of benzene rings is 1. The van der Waals surface area contributed by atoms with Crippen molar-refractivity contribution in [2.45, 2.75) is 13.5 Å². The number of amides is 1. The van der Waals surface area contributed by atoms with Crippen molar-refractivity contribution in [3.05, 3.63) is 65.0 Å². The molecule has 2 rings (SSSR count). The maximum Gasteiger partial charge on any atom is 0.270 e.